The van der Waals surface area contributed by atoms with Crippen molar-refractivity contribution in [3.05, 3.63) is 29.8 Å². The van der Waals surface area contributed by atoms with Gasteiger partial charge in [-0.05, 0) is 11.6 Å². The van der Waals surface area contributed by atoms with E-state index in [1.165, 1.54) is 0 Å². The van der Waals surface area contributed by atoms with Gasteiger partial charge in [0.25, 0.3) is 0 Å². The number of aromatic nitrogens is 2. The van der Waals surface area contributed by atoms with E-state index < -0.39 is 0 Å². The standard InChI is InChI=1S/C14H14N4O2/c1-2-13(19)16-12-7-11(17-18-12)8-3-4-9-6-14(20)15-10(9)5-8/h3-5,7H,2,6H2,1H3,(H,15,20)(H2,16,17,18,19). The van der Waals surface area contributed by atoms with Crippen LogP contribution in [0.2, 0.25) is 0 Å². The molecule has 0 aliphatic carbocycles. The molecule has 102 valence electrons. The van der Waals surface area contributed by atoms with E-state index in [9.17, 15) is 9.59 Å². The van der Waals surface area contributed by atoms with Crippen molar-refractivity contribution < 1.29 is 9.59 Å². The van der Waals surface area contributed by atoms with E-state index in [0.717, 1.165) is 22.5 Å². The number of H-pyrrole nitrogens is 1. The first-order valence-corrected chi connectivity index (χ1v) is 6.44. The number of nitrogens with zero attached hydrogens (tertiary/aromatic N) is 1. The largest absolute Gasteiger partial charge is 0.326 e. The molecule has 0 atom stereocenters. The van der Waals surface area contributed by atoms with Crippen LogP contribution in [0.15, 0.2) is 24.3 Å². The number of hydrogen-bond donors (Lipinski definition) is 3. The first kappa shape index (κ1) is 12.4. The van der Waals surface area contributed by atoms with E-state index in [4.69, 9.17) is 0 Å². The van der Waals surface area contributed by atoms with Gasteiger partial charge in [-0.3, -0.25) is 14.7 Å². The van der Waals surface area contributed by atoms with Crippen LogP contribution in [0, 0.1) is 0 Å². The summed E-state index contributed by atoms with van der Waals surface area (Å²) in [6.07, 6.45) is 0.837. The quantitative estimate of drug-likeness (QED) is 0.796. The number of nitrogens with one attached hydrogen (secondary N) is 3. The lowest BCUT2D eigenvalue weighted by Crippen LogP contribution is -2.09. The summed E-state index contributed by atoms with van der Waals surface area (Å²) in [5.74, 6) is 0.429. The van der Waals surface area contributed by atoms with Crippen molar-refractivity contribution in [3.8, 4) is 11.3 Å². The highest BCUT2D eigenvalue weighted by atomic mass is 16.2. The number of anilines is 2. The first-order chi connectivity index (χ1) is 9.65. The van der Waals surface area contributed by atoms with Crippen molar-refractivity contribution in [2.45, 2.75) is 19.8 Å². The zero-order valence-electron chi connectivity index (χ0n) is 11.0. The summed E-state index contributed by atoms with van der Waals surface area (Å²) in [6.45, 7) is 1.78. The van der Waals surface area contributed by atoms with Crippen molar-refractivity contribution in [1.82, 2.24) is 10.2 Å². The van der Waals surface area contributed by atoms with Gasteiger partial charge in [0.15, 0.2) is 5.82 Å². The smallest absolute Gasteiger partial charge is 0.228 e. The monoisotopic (exact) mass is 270 g/mol. The van der Waals surface area contributed by atoms with E-state index in [2.05, 4.69) is 20.8 Å². The summed E-state index contributed by atoms with van der Waals surface area (Å²) in [5, 5.41) is 12.4. The number of carbonyl (C=O) groups is 2. The summed E-state index contributed by atoms with van der Waals surface area (Å²) in [7, 11) is 0. The third-order valence-corrected chi connectivity index (χ3v) is 3.21. The SMILES string of the molecule is CCC(=O)Nc1cc(-c2ccc3c(c2)NC(=O)C3)[nH]n1. The lowest BCUT2D eigenvalue weighted by Gasteiger charge is -2.01. The van der Waals surface area contributed by atoms with E-state index in [1.54, 1.807) is 13.0 Å². The lowest BCUT2D eigenvalue weighted by atomic mass is 10.1. The second-order valence-corrected chi connectivity index (χ2v) is 4.67. The maximum absolute atomic E-state index is 11.3. The minimum Gasteiger partial charge on any atom is -0.326 e. The number of benzene rings is 1. The van der Waals surface area contributed by atoms with Crippen LogP contribution in [0.3, 0.4) is 0 Å². The molecule has 0 saturated heterocycles. The Morgan fingerprint density at radius 3 is 3.05 bits per heavy atom. The molecule has 3 rings (SSSR count). The third kappa shape index (κ3) is 2.27. The van der Waals surface area contributed by atoms with Gasteiger partial charge in [0, 0.05) is 23.7 Å². The van der Waals surface area contributed by atoms with E-state index in [-0.39, 0.29) is 11.8 Å². The zero-order valence-corrected chi connectivity index (χ0v) is 11.0. The summed E-state index contributed by atoms with van der Waals surface area (Å²) < 4.78 is 0. The fraction of sp³-hybridized carbons (Fsp3) is 0.214. The molecular weight excluding hydrogens is 256 g/mol. The molecule has 1 aliphatic rings. The lowest BCUT2D eigenvalue weighted by molar-refractivity contribution is -0.116. The van der Waals surface area contributed by atoms with Crippen LogP contribution in [0.25, 0.3) is 11.3 Å². The molecule has 20 heavy (non-hydrogen) atoms. The summed E-state index contributed by atoms with van der Waals surface area (Å²) >= 11 is 0. The molecule has 6 heteroatoms. The van der Waals surface area contributed by atoms with Crippen molar-refractivity contribution in [3.63, 3.8) is 0 Å². The molecule has 0 spiro atoms. The van der Waals surface area contributed by atoms with Gasteiger partial charge in [-0.1, -0.05) is 19.1 Å². The molecule has 1 aromatic heterocycles. The second kappa shape index (κ2) is 4.80. The Balaban J connectivity index is 1.85. The molecule has 0 fully saturated rings. The first-order valence-electron chi connectivity index (χ1n) is 6.44. The second-order valence-electron chi connectivity index (χ2n) is 4.67. The van der Waals surface area contributed by atoms with Gasteiger partial charge in [-0.25, -0.2) is 0 Å². The molecule has 2 heterocycles. The molecule has 0 bridgehead atoms. The maximum Gasteiger partial charge on any atom is 0.228 e. The molecule has 0 radical (unpaired) electrons. The van der Waals surface area contributed by atoms with Crippen LogP contribution in [-0.4, -0.2) is 22.0 Å². The van der Waals surface area contributed by atoms with E-state index >= 15 is 0 Å². The van der Waals surface area contributed by atoms with Crippen LogP contribution in [0.1, 0.15) is 18.9 Å². The molecule has 6 nitrogen and oxygen atoms in total. The van der Waals surface area contributed by atoms with Gasteiger partial charge >= 0.3 is 0 Å². The summed E-state index contributed by atoms with van der Waals surface area (Å²) in [4.78, 5) is 22.6. The summed E-state index contributed by atoms with van der Waals surface area (Å²) in [5.41, 5.74) is 3.54. The number of fused-ring (bicyclic) bond motifs is 1. The average Bonchev–Trinajstić information content (AvgIpc) is 3.02. The highest BCUT2D eigenvalue weighted by Gasteiger charge is 2.18. The fourth-order valence-corrected chi connectivity index (χ4v) is 2.15. The predicted octanol–water partition coefficient (Wildman–Crippen LogP) is 1.92. The molecule has 2 aromatic rings. The van der Waals surface area contributed by atoms with Crippen LogP contribution >= 0.6 is 0 Å². The van der Waals surface area contributed by atoms with Gasteiger partial charge < -0.3 is 10.6 Å². The topological polar surface area (TPSA) is 86.9 Å². The Kier molecular flexibility index (Phi) is 2.98. The summed E-state index contributed by atoms with van der Waals surface area (Å²) in [6, 6.07) is 7.52. The maximum atomic E-state index is 11.3. The van der Waals surface area contributed by atoms with Crippen LogP contribution in [0.4, 0.5) is 11.5 Å². The van der Waals surface area contributed by atoms with Gasteiger partial charge in [0.05, 0.1) is 12.1 Å². The Morgan fingerprint density at radius 2 is 2.25 bits per heavy atom. The van der Waals surface area contributed by atoms with Crippen molar-refractivity contribution >= 4 is 23.3 Å². The molecule has 0 saturated carbocycles. The Bertz CT molecular complexity index is 690. The number of amides is 2. The molecule has 3 N–H and O–H groups in total. The molecule has 2 amide bonds. The highest BCUT2D eigenvalue weighted by molar-refractivity contribution is 6.00. The zero-order chi connectivity index (χ0) is 14.1. The molecule has 1 aromatic carbocycles. The third-order valence-electron chi connectivity index (χ3n) is 3.21. The highest BCUT2D eigenvalue weighted by Crippen LogP contribution is 2.29. The number of rotatable bonds is 3. The number of carbonyl (C=O) groups excluding carboxylic acids is 2. The van der Waals surface area contributed by atoms with Crippen molar-refractivity contribution in [1.29, 1.82) is 0 Å². The average molecular weight is 270 g/mol. The predicted molar refractivity (Wildman–Crippen MR) is 75.3 cm³/mol. The Morgan fingerprint density at radius 1 is 1.40 bits per heavy atom. The van der Waals surface area contributed by atoms with E-state index in [1.807, 2.05) is 18.2 Å². The van der Waals surface area contributed by atoms with Crippen molar-refractivity contribution in [2.75, 3.05) is 10.6 Å². The van der Waals surface area contributed by atoms with Gasteiger partial charge in [0.2, 0.25) is 11.8 Å². The Hall–Kier alpha value is -2.63. The number of aromatic amines is 1. The minimum atomic E-state index is -0.0794. The molecular formula is C14H14N4O2. The van der Waals surface area contributed by atoms with Gasteiger partial charge in [-0.2, -0.15) is 5.10 Å². The minimum absolute atomic E-state index is 0.0117. The van der Waals surface area contributed by atoms with Crippen molar-refractivity contribution in [2.24, 2.45) is 0 Å². The van der Waals surface area contributed by atoms with Gasteiger partial charge in [-0.15, -0.1) is 0 Å². The van der Waals surface area contributed by atoms with Gasteiger partial charge in [0.1, 0.15) is 0 Å². The van der Waals surface area contributed by atoms with Crippen LogP contribution in [0.5, 0.6) is 0 Å². The fourth-order valence-electron chi connectivity index (χ4n) is 2.15. The van der Waals surface area contributed by atoms with Crippen LogP contribution in [-0.2, 0) is 16.0 Å². The number of hydrogen-bond acceptors (Lipinski definition) is 3. The van der Waals surface area contributed by atoms with E-state index in [0.29, 0.717) is 18.7 Å². The molecule has 0 unspecified atom stereocenters. The van der Waals surface area contributed by atoms with Crippen LogP contribution < -0.4 is 10.6 Å². The Labute approximate surface area is 115 Å². The molecule has 1 aliphatic heterocycles. The normalized spacial score (nSPS) is 12.9.